The Hall–Kier alpha value is -2.60. The lowest BCUT2D eigenvalue weighted by Crippen LogP contribution is -2.27. The highest BCUT2D eigenvalue weighted by molar-refractivity contribution is 7.18. The third-order valence-corrected chi connectivity index (χ3v) is 4.11. The molecule has 2 heterocycles. The zero-order chi connectivity index (χ0) is 15.4. The number of anilines is 1. The molecule has 0 fully saturated rings. The highest BCUT2D eigenvalue weighted by Crippen LogP contribution is 2.29. The predicted octanol–water partition coefficient (Wildman–Crippen LogP) is 3.15. The number of hydrogen-bond acceptors (Lipinski definition) is 5. The molecule has 3 aromatic rings. The third kappa shape index (κ3) is 3.17. The van der Waals surface area contributed by atoms with Crippen molar-refractivity contribution in [2.75, 3.05) is 4.90 Å². The van der Waals surface area contributed by atoms with Crippen molar-refractivity contribution in [1.29, 1.82) is 0 Å². The van der Waals surface area contributed by atoms with Gasteiger partial charge in [0.05, 0.1) is 6.54 Å². The van der Waals surface area contributed by atoms with Crippen molar-refractivity contribution in [3.8, 4) is 10.6 Å². The van der Waals surface area contributed by atoms with Crippen LogP contribution < -0.4 is 4.90 Å². The molecule has 0 aliphatic heterocycles. The molecule has 2 aromatic heterocycles. The molecule has 0 bridgehead atoms. The molecule has 0 N–H and O–H groups in total. The second-order valence-corrected chi connectivity index (χ2v) is 5.68. The normalized spacial score (nSPS) is 10.4. The number of rotatable bonds is 4. The third-order valence-electron chi connectivity index (χ3n) is 3.12. The van der Waals surface area contributed by atoms with Gasteiger partial charge in [-0.3, -0.25) is 14.7 Å². The Morgan fingerprint density at radius 2 is 1.95 bits per heavy atom. The number of benzene rings is 1. The first-order valence-electron chi connectivity index (χ1n) is 6.80. The lowest BCUT2D eigenvalue weighted by atomic mass is 10.2. The van der Waals surface area contributed by atoms with Gasteiger partial charge in [0.25, 0.3) is 0 Å². The van der Waals surface area contributed by atoms with E-state index in [0.717, 1.165) is 16.1 Å². The van der Waals surface area contributed by atoms with Crippen LogP contribution in [0.15, 0.2) is 54.9 Å². The standard InChI is InChI=1S/C16H14N4OS/c1-12(21)20(11-13-6-3-2-4-7-13)16-19-18-15(22-16)14-8-5-9-17-10-14/h2-10H,11H2,1H3. The molecule has 0 aliphatic rings. The summed E-state index contributed by atoms with van der Waals surface area (Å²) in [5, 5.41) is 9.67. The largest absolute Gasteiger partial charge is 0.282 e. The smallest absolute Gasteiger partial charge is 0.226 e. The second kappa shape index (κ2) is 6.44. The molecular formula is C16H14N4OS. The highest BCUT2D eigenvalue weighted by atomic mass is 32.1. The van der Waals surface area contributed by atoms with Crippen LogP contribution in [0.2, 0.25) is 0 Å². The fourth-order valence-electron chi connectivity index (χ4n) is 2.01. The maximum Gasteiger partial charge on any atom is 0.226 e. The van der Waals surface area contributed by atoms with Crippen LogP contribution in [0.25, 0.3) is 10.6 Å². The molecular weight excluding hydrogens is 296 g/mol. The maximum atomic E-state index is 11.9. The first-order valence-corrected chi connectivity index (χ1v) is 7.61. The Labute approximate surface area is 132 Å². The van der Waals surface area contributed by atoms with E-state index in [1.807, 2.05) is 42.5 Å². The lowest BCUT2D eigenvalue weighted by Gasteiger charge is -2.17. The molecule has 0 spiro atoms. The monoisotopic (exact) mass is 310 g/mol. The quantitative estimate of drug-likeness (QED) is 0.743. The molecule has 1 aromatic carbocycles. The minimum atomic E-state index is -0.0576. The summed E-state index contributed by atoms with van der Waals surface area (Å²) in [6.07, 6.45) is 3.45. The van der Waals surface area contributed by atoms with Gasteiger partial charge >= 0.3 is 0 Å². The van der Waals surface area contributed by atoms with E-state index in [1.54, 1.807) is 17.3 Å². The summed E-state index contributed by atoms with van der Waals surface area (Å²) >= 11 is 1.38. The Balaban J connectivity index is 1.87. The fraction of sp³-hybridized carbons (Fsp3) is 0.125. The van der Waals surface area contributed by atoms with Crippen LogP contribution in [0.3, 0.4) is 0 Å². The lowest BCUT2D eigenvalue weighted by molar-refractivity contribution is -0.116. The number of aromatic nitrogens is 3. The topological polar surface area (TPSA) is 59.0 Å². The van der Waals surface area contributed by atoms with Gasteiger partial charge in [-0.05, 0) is 17.7 Å². The Kier molecular flexibility index (Phi) is 4.20. The maximum absolute atomic E-state index is 11.9. The Bertz CT molecular complexity index is 758. The number of hydrogen-bond donors (Lipinski definition) is 0. The van der Waals surface area contributed by atoms with Crippen molar-refractivity contribution in [3.05, 3.63) is 60.4 Å². The van der Waals surface area contributed by atoms with Gasteiger partial charge in [-0.2, -0.15) is 0 Å². The van der Waals surface area contributed by atoms with Gasteiger partial charge in [0.15, 0.2) is 5.01 Å². The van der Waals surface area contributed by atoms with Crippen LogP contribution in [0.5, 0.6) is 0 Å². The predicted molar refractivity (Wildman–Crippen MR) is 86.4 cm³/mol. The molecule has 22 heavy (non-hydrogen) atoms. The van der Waals surface area contributed by atoms with Crippen molar-refractivity contribution in [1.82, 2.24) is 15.2 Å². The van der Waals surface area contributed by atoms with Gasteiger partial charge in [-0.1, -0.05) is 41.7 Å². The average molecular weight is 310 g/mol. The van der Waals surface area contributed by atoms with E-state index >= 15 is 0 Å². The van der Waals surface area contributed by atoms with E-state index in [2.05, 4.69) is 15.2 Å². The van der Waals surface area contributed by atoms with Crippen LogP contribution in [-0.2, 0) is 11.3 Å². The number of pyridine rings is 1. The summed E-state index contributed by atoms with van der Waals surface area (Å²) in [5.74, 6) is -0.0576. The molecule has 0 atom stereocenters. The van der Waals surface area contributed by atoms with Crippen molar-refractivity contribution >= 4 is 22.4 Å². The van der Waals surface area contributed by atoms with Crippen molar-refractivity contribution in [2.24, 2.45) is 0 Å². The van der Waals surface area contributed by atoms with Crippen LogP contribution in [0.4, 0.5) is 5.13 Å². The first-order chi connectivity index (χ1) is 10.7. The van der Waals surface area contributed by atoms with Crippen molar-refractivity contribution < 1.29 is 4.79 Å². The molecule has 3 rings (SSSR count). The SMILES string of the molecule is CC(=O)N(Cc1ccccc1)c1nnc(-c2cccnc2)s1. The number of amides is 1. The number of carbonyl (C=O) groups excluding carboxylic acids is 1. The van der Waals surface area contributed by atoms with Crippen molar-refractivity contribution in [3.63, 3.8) is 0 Å². The molecule has 0 saturated heterocycles. The van der Waals surface area contributed by atoms with E-state index in [1.165, 1.54) is 18.3 Å². The molecule has 6 heteroatoms. The summed E-state index contributed by atoms with van der Waals surface area (Å²) in [5.41, 5.74) is 1.95. The molecule has 0 aliphatic carbocycles. The molecule has 0 radical (unpaired) electrons. The van der Waals surface area contributed by atoms with Crippen molar-refractivity contribution in [2.45, 2.75) is 13.5 Å². The summed E-state index contributed by atoms with van der Waals surface area (Å²) < 4.78 is 0. The van der Waals surface area contributed by atoms with E-state index < -0.39 is 0 Å². The van der Waals surface area contributed by atoms with Crippen LogP contribution in [0, 0.1) is 0 Å². The second-order valence-electron chi connectivity index (χ2n) is 4.72. The van der Waals surface area contributed by atoms with Gasteiger partial charge in [0.2, 0.25) is 11.0 Å². The van der Waals surface area contributed by atoms with Gasteiger partial charge in [-0.25, -0.2) is 0 Å². The van der Waals surface area contributed by atoms with Gasteiger partial charge in [0, 0.05) is 24.9 Å². The van der Waals surface area contributed by atoms with E-state index in [4.69, 9.17) is 0 Å². The summed E-state index contributed by atoms with van der Waals surface area (Å²) in [4.78, 5) is 17.7. The number of nitrogens with zero attached hydrogens (tertiary/aromatic N) is 4. The summed E-state index contributed by atoms with van der Waals surface area (Å²) in [6.45, 7) is 2.02. The van der Waals surface area contributed by atoms with E-state index in [0.29, 0.717) is 11.7 Å². The van der Waals surface area contributed by atoms with Gasteiger partial charge < -0.3 is 0 Å². The minimum absolute atomic E-state index is 0.0576. The Morgan fingerprint density at radius 1 is 1.14 bits per heavy atom. The Morgan fingerprint density at radius 3 is 2.64 bits per heavy atom. The molecule has 1 amide bonds. The van der Waals surface area contributed by atoms with E-state index in [-0.39, 0.29) is 5.91 Å². The fourth-order valence-corrected chi connectivity index (χ4v) is 2.89. The van der Waals surface area contributed by atoms with E-state index in [9.17, 15) is 4.79 Å². The zero-order valence-corrected chi connectivity index (χ0v) is 12.8. The zero-order valence-electron chi connectivity index (χ0n) is 12.0. The summed E-state index contributed by atoms with van der Waals surface area (Å²) in [6, 6.07) is 13.6. The molecule has 5 nitrogen and oxygen atoms in total. The first kappa shape index (κ1) is 14.3. The van der Waals surface area contributed by atoms with Crippen LogP contribution in [-0.4, -0.2) is 21.1 Å². The number of carbonyl (C=O) groups is 1. The van der Waals surface area contributed by atoms with Crippen LogP contribution in [0.1, 0.15) is 12.5 Å². The molecule has 0 unspecified atom stereocenters. The van der Waals surface area contributed by atoms with Gasteiger partial charge in [0.1, 0.15) is 0 Å². The minimum Gasteiger partial charge on any atom is -0.282 e. The van der Waals surface area contributed by atoms with Crippen LogP contribution >= 0.6 is 11.3 Å². The highest BCUT2D eigenvalue weighted by Gasteiger charge is 2.17. The molecule has 110 valence electrons. The molecule has 0 saturated carbocycles. The average Bonchev–Trinajstić information content (AvgIpc) is 3.04. The summed E-state index contributed by atoms with van der Waals surface area (Å²) in [7, 11) is 0. The van der Waals surface area contributed by atoms with Gasteiger partial charge in [-0.15, -0.1) is 10.2 Å².